The number of rotatable bonds is 4. The molecule has 0 saturated carbocycles. The van der Waals surface area contributed by atoms with Crippen LogP contribution in [0.25, 0.3) is 0 Å². The highest BCUT2D eigenvalue weighted by atomic mass is 16.2. The number of carbonyl (C=O) groups is 1. The van der Waals surface area contributed by atoms with E-state index >= 15 is 0 Å². The van der Waals surface area contributed by atoms with Crippen LogP contribution in [-0.4, -0.2) is 21.8 Å². The third-order valence-corrected chi connectivity index (χ3v) is 2.14. The second kappa shape index (κ2) is 5.29. The van der Waals surface area contributed by atoms with Crippen LogP contribution in [0.5, 0.6) is 0 Å². The number of amides is 1. The Hall–Kier alpha value is -1.64. The summed E-state index contributed by atoms with van der Waals surface area (Å²) in [5.41, 5.74) is 0.890. The Labute approximate surface area is 90.4 Å². The maximum atomic E-state index is 11.5. The van der Waals surface area contributed by atoms with Crippen molar-refractivity contribution < 1.29 is 4.79 Å². The first-order valence-corrected chi connectivity index (χ1v) is 4.98. The number of aromatic nitrogens is 1. The zero-order valence-electron chi connectivity index (χ0n) is 9.18. The predicted octanol–water partition coefficient (Wildman–Crippen LogP) is 2.00. The van der Waals surface area contributed by atoms with Crippen molar-refractivity contribution in [2.45, 2.75) is 26.4 Å². The molecule has 0 saturated heterocycles. The lowest BCUT2D eigenvalue weighted by Gasteiger charge is -2.24. The van der Waals surface area contributed by atoms with Gasteiger partial charge >= 0.3 is 0 Å². The molecule has 0 aliphatic carbocycles. The maximum absolute atomic E-state index is 11.5. The quantitative estimate of drug-likeness (QED) is 0.703. The molecule has 3 nitrogen and oxygen atoms in total. The van der Waals surface area contributed by atoms with Gasteiger partial charge in [0.15, 0.2) is 0 Å². The second-order valence-electron chi connectivity index (χ2n) is 3.59. The number of carbonyl (C=O) groups excluding carboxylic acids is 1. The first-order chi connectivity index (χ1) is 7.15. The third-order valence-electron chi connectivity index (χ3n) is 2.14. The van der Waals surface area contributed by atoms with Crippen molar-refractivity contribution >= 4 is 5.91 Å². The molecule has 0 N–H and O–H groups in total. The molecule has 1 rings (SSSR count). The summed E-state index contributed by atoms with van der Waals surface area (Å²) >= 11 is 0. The van der Waals surface area contributed by atoms with Crippen LogP contribution in [-0.2, 0) is 11.3 Å². The Morgan fingerprint density at radius 1 is 1.60 bits per heavy atom. The lowest BCUT2D eigenvalue weighted by atomic mass is 10.2. The zero-order valence-corrected chi connectivity index (χ0v) is 9.18. The minimum Gasteiger partial charge on any atom is -0.331 e. The van der Waals surface area contributed by atoms with Crippen molar-refractivity contribution in [2.24, 2.45) is 0 Å². The van der Waals surface area contributed by atoms with E-state index < -0.39 is 0 Å². The predicted molar refractivity (Wildman–Crippen MR) is 60.1 cm³/mol. The van der Waals surface area contributed by atoms with Gasteiger partial charge in [-0.1, -0.05) is 12.6 Å². The molecule has 1 amide bonds. The van der Waals surface area contributed by atoms with Gasteiger partial charge in [-0.2, -0.15) is 0 Å². The highest BCUT2D eigenvalue weighted by Gasteiger charge is 2.14. The van der Waals surface area contributed by atoms with E-state index in [-0.39, 0.29) is 11.9 Å². The molecule has 0 fully saturated rings. The molecule has 0 unspecified atom stereocenters. The Balaban J connectivity index is 2.76. The van der Waals surface area contributed by atoms with E-state index in [1.54, 1.807) is 11.1 Å². The summed E-state index contributed by atoms with van der Waals surface area (Å²) in [6, 6.07) is 5.83. The normalized spacial score (nSPS) is 10.1. The summed E-state index contributed by atoms with van der Waals surface area (Å²) in [5.74, 6) is -0.0596. The first kappa shape index (κ1) is 11.4. The molecule has 1 aromatic rings. The lowest BCUT2D eigenvalue weighted by molar-refractivity contribution is -0.128. The average molecular weight is 204 g/mol. The fourth-order valence-corrected chi connectivity index (χ4v) is 1.30. The fourth-order valence-electron chi connectivity index (χ4n) is 1.30. The number of pyridine rings is 1. The van der Waals surface area contributed by atoms with Gasteiger partial charge in [-0.3, -0.25) is 9.78 Å². The van der Waals surface area contributed by atoms with Crippen molar-refractivity contribution in [3.05, 3.63) is 42.7 Å². The molecule has 0 atom stereocenters. The van der Waals surface area contributed by atoms with Gasteiger partial charge in [0, 0.05) is 12.2 Å². The van der Waals surface area contributed by atoms with Gasteiger partial charge in [-0.05, 0) is 32.1 Å². The molecule has 0 aliphatic rings. The second-order valence-corrected chi connectivity index (χ2v) is 3.59. The standard InChI is InChI=1S/C12H16N2O/c1-4-12(15)14(10(2)3)9-11-7-5-6-8-13-11/h4-8,10H,1,9H2,2-3H3. The summed E-state index contributed by atoms with van der Waals surface area (Å²) < 4.78 is 0. The van der Waals surface area contributed by atoms with Gasteiger partial charge in [0.25, 0.3) is 0 Å². The molecular weight excluding hydrogens is 188 g/mol. The summed E-state index contributed by atoms with van der Waals surface area (Å²) in [5, 5.41) is 0. The molecule has 1 heterocycles. The SMILES string of the molecule is C=CC(=O)N(Cc1ccccn1)C(C)C. The topological polar surface area (TPSA) is 33.2 Å². The Morgan fingerprint density at radius 3 is 2.80 bits per heavy atom. The van der Waals surface area contributed by atoms with Gasteiger partial charge in [-0.15, -0.1) is 0 Å². The van der Waals surface area contributed by atoms with Crippen LogP contribution in [0.4, 0.5) is 0 Å². The molecule has 0 bridgehead atoms. The minimum absolute atomic E-state index is 0.0596. The van der Waals surface area contributed by atoms with Gasteiger partial charge in [-0.25, -0.2) is 0 Å². The highest BCUT2D eigenvalue weighted by Crippen LogP contribution is 2.06. The van der Waals surface area contributed by atoms with E-state index in [4.69, 9.17) is 0 Å². The van der Waals surface area contributed by atoms with Crippen molar-refractivity contribution in [3.63, 3.8) is 0 Å². The van der Waals surface area contributed by atoms with Crippen molar-refractivity contribution in [1.82, 2.24) is 9.88 Å². The molecule has 0 radical (unpaired) electrons. The zero-order chi connectivity index (χ0) is 11.3. The van der Waals surface area contributed by atoms with Crippen LogP contribution in [0, 0.1) is 0 Å². The van der Waals surface area contributed by atoms with Crippen LogP contribution in [0.2, 0.25) is 0 Å². The summed E-state index contributed by atoms with van der Waals surface area (Å²) in [6.45, 7) is 7.98. The van der Waals surface area contributed by atoms with Crippen LogP contribution in [0.15, 0.2) is 37.1 Å². The minimum atomic E-state index is -0.0596. The lowest BCUT2D eigenvalue weighted by Crippen LogP contribution is -2.35. The van der Waals surface area contributed by atoms with Crippen LogP contribution in [0.1, 0.15) is 19.5 Å². The van der Waals surface area contributed by atoms with Crippen LogP contribution in [0.3, 0.4) is 0 Å². The highest BCUT2D eigenvalue weighted by molar-refractivity contribution is 5.87. The summed E-state index contributed by atoms with van der Waals surface area (Å²) in [4.78, 5) is 17.5. The van der Waals surface area contributed by atoms with E-state index in [1.165, 1.54) is 6.08 Å². The Kier molecular flexibility index (Phi) is 4.03. The van der Waals surface area contributed by atoms with Gasteiger partial charge in [0.1, 0.15) is 0 Å². The molecule has 0 spiro atoms. The van der Waals surface area contributed by atoms with E-state index in [2.05, 4.69) is 11.6 Å². The maximum Gasteiger partial charge on any atom is 0.246 e. The smallest absolute Gasteiger partial charge is 0.246 e. The molecule has 0 aliphatic heterocycles. The number of hydrogen-bond acceptors (Lipinski definition) is 2. The van der Waals surface area contributed by atoms with Gasteiger partial charge < -0.3 is 4.90 Å². The number of hydrogen-bond donors (Lipinski definition) is 0. The largest absolute Gasteiger partial charge is 0.331 e. The van der Waals surface area contributed by atoms with Gasteiger partial charge in [0.05, 0.1) is 12.2 Å². The van der Waals surface area contributed by atoms with E-state index in [1.807, 2.05) is 32.0 Å². The number of nitrogens with zero attached hydrogens (tertiary/aromatic N) is 2. The average Bonchev–Trinajstić information content (AvgIpc) is 2.26. The van der Waals surface area contributed by atoms with Crippen molar-refractivity contribution in [3.8, 4) is 0 Å². The fraction of sp³-hybridized carbons (Fsp3) is 0.333. The molecule has 15 heavy (non-hydrogen) atoms. The Bertz CT molecular complexity index is 333. The van der Waals surface area contributed by atoms with E-state index in [0.717, 1.165) is 5.69 Å². The molecule has 3 heteroatoms. The van der Waals surface area contributed by atoms with E-state index in [0.29, 0.717) is 6.54 Å². The molecular formula is C12H16N2O. The molecule has 0 aromatic carbocycles. The first-order valence-electron chi connectivity index (χ1n) is 4.98. The monoisotopic (exact) mass is 204 g/mol. The van der Waals surface area contributed by atoms with Crippen LogP contribution >= 0.6 is 0 Å². The molecule has 1 aromatic heterocycles. The van der Waals surface area contributed by atoms with Crippen LogP contribution < -0.4 is 0 Å². The summed E-state index contributed by atoms with van der Waals surface area (Å²) in [7, 11) is 0. The summed E-state index contributed by atoms with van der Waals surface area (Å²) in [6.07, 6.45) is 3.06. The third kappa shape index (κ3) is 3.20. The van der Waals surface area contributed by atoms with Crippen molar-refractivity contribution in [2.75, 3.05) is 0 Å². The van der Waals surface area contributed by atoms with E-state index in [9.17, 15) is 4.79 Å². The van der Waals surface area contributed by atoms with Crippen molar-refractivity contribution in [1.29, 1.82) is 0 Å². The molecule has 80 valence electrons. The van der Waals surface area contributed by atoms with Gasteiger partial charge in [0.2, 0.25) is 5.91 Å². The Morgan fingerprint density at radius 2 is 2.33 bits per heavy atom.